The minimum absolute atomic E-state index is 0.174. The van der Waals surface area contributed by atoms with Gasteiger partial charge in [-0.3, -0.25) is 4.79 Å². The molecule has 4 N–H and O–H groups in total. The number of nitrogen functional groups attached to an aromatic ring is 1. The fourth-order valence-corrected chi connectivity index (χ4v) is 0.802. The highest BCUT2D eigenvalue weighted by Crippen LogP contribution is 2.03. The van der Waals surface area contributed by atoms with E-state index in [2.05, 4.69) is 16.9 Å². The van der Waals surface area contributed by atoms with Gasteiger partial charge in [0.1, 0.15) is 5.69 Å². The molecule has 0 aliphatic carbocycles. The molecule has 0 atom stereocenters. The maximum atomic E-state index is 11.2. The lowest BCUT2D eigenvalue weighted by Gasteiger charge is -1.97. The Morgan fingerprint density at radius 2 is 2.58 bits per heavy atom. The first-order chi connectivity index (χ1) is 5.74. The lowest BCUT2D eigenvalue weighted by Crippen LogP contribution is -2.23. The number of H-pyrrole nitrogens is 1. The average molecular weight is 165 g/mol. The van der Waals surface area contributed by atoms with Crippen molar-refractivity contribution >= 4 is 11.6 Å². The lowest BCUT2D eigenvalue weighted by molar-refractivity contribution is 0.0953. The predicted molar refractivity (Wildman–Crippen MR) is 47.7 cm³/mol. The van der Waals surface area contributed by atoms with Crippen molar-refractivity contribution in [3.63, 3.8) is 0 Å². The SMILES string of the molecule is C=CCNC(=O)c1cc(N)c[nH]1. The molecule has 0 aliphatic heterocycles. The molecule has 4 nitrogen and oxygen atoms in total. The number of hydrogen-bond donors (Lipinski definition) is 3. The molecule has 1 rings (SSSR count). The second-order valence-electron chi connectivity index (χ2n) is 2.35. The molecular weight excluding hydrogens is 154 g/mol. The second kappa shape index (κ2) is 3.61. The van der Waals surface area contributed by atoms with E-state index in [0.717, 1.165) is 0 Å². The fraction of sp³-hybridized carbons (Fsp3) is 0.125. The summed E-state index contributed by atoms with van der Waals surface area (Å²) in [5, 5.41) is 2.62. The molecule has 0 saturated heterocycles. The van der Waals surface area contributed by atoms with Gasteiger partial charge in [-0.2, -0.15) is 0 Å². The molecule has 0 aliphatic rings. The van der Waals surface area contributed by atoms with Crippen LogP contribution in [-0.4, -0.2) is 17.4 Å². The molecule has 0 radical (unpaired) electrons. The smallest absolute Gasteiger partial charge is 0.268 e. The number of aromatic nitrogens is 1. The summed E-state index contributed by atoms with van der Waals surface area (Å²) in [6, 6.07) is 1.58. The van der Waals surface area contributed by atoms with Gasteiger partial charge in [-0.25, -0.2) is 0 Å². The normalized spacial score (nSPS) is 9.33. The molecule has 1 aromatic heterocycles. The molecule has 0 saturated carbocycles. The summed E-state index contributed by atoms with van der Waals surface area (Å²) in [6.45, 7) is 3.94. The number of rotatable bonds is 3. The third-order valence-corrected chi connectivity index (χ3v) is 1.36. The van der Waals surface area contributed by atoms with E-state index in [0.29, 0.717) is 17.9 Å². The monoisotopic (exact) mass is 165 g/mol. The van der Waals surface area contributed by atoms with Gasteiger partial charge in [-0.05, 0) is 6.07 Å². The second-order valence-corrected chi connectivity index (χ2v) is 2.35. The Bertz CT molecular complexity index is 290. The molecule has 0 aromatic carbocycles. The van der Waals surface area contributed by atoms with Crippen LogP contribution < -0.4 is 11.1 Å². The van der Waals surface area contributed by atoms with Crippen LogP contribution in [0.5, 0.6) is 0 Å². The van der Waals surface area contributed by atoms with Gasteiger partial charge in [-0.1, -0.05) is 6.08 Å². The maximum absolute atomic E-state index is 11.2. The first kappa shape index (κ1) is 8.39. The topological polar surface area (TPSA) is 70.9 Å². The first-order valence-corrected chi connectivity index (χ1v) is 3.57. The number of carbonyl (C=O) groups excluding carboxylic acids is 1. The summed E-state index contributed by atoms with van der Waals surface area (Å²) in [5.41, 5.74) is 6.44. The Balaban J connectivity index is 2.59. The van der Waals surface area contributed by atoms with Crippen LogP contribution in [0, 0.1) is 0 Å². The number of amides is 1. The fourth-order valence-electron chi connectivity index (χ4n) is 0.802. The summed E-state index contributed by atoms with van der Waals surface area (Å²) < 4.78 is 0. The van der Waals surface area contributed by atoms with Crippen molar-refractivity contribution in [2.24, 2.45) is 0 Å². The zero-order valence-corrected chi connectivity index (χ0v) is 6.63. The van der Waals surface area contributed by atoms with Crippen LogP contribution >= 0.6 is 0 Å². The molecule has 4 heteroatoms. The minimum Gasteiger partial charge on any atom is -0.397 e. The Labute approximate surface area is 70.5 Å². The van der Waals surface area contributed by atoms with Gasteiger partial charge in [-0.15, -0.1) is 6.58 Å². The van der Waals surface area contributed by atoms with E-state index in [1.807, 2.05) is 0 Å². The van der Waals surface area contributed by atoms with Gasteiger partial charge >= 0.3 is 0 Å². The highest BCUT2D eigenvalue weighted by atomic mass is 16.1. The molecule has 1 aromatic rings. The Hall–Kier alpha value is -1.71. The van der Waals surface area contributed by atoms with Crippen molar-refractivity contribution in [3.8, 4) is 0 Å². The van der Waals surface area contributed by atoms with Crippen LogP contribution in [0.2, 0.25) is 0 Å². The van der Waals surface area contributed by atoms with Crippen LogP contribution in [0.25, 0.3) is 0 Å². The minimum atomic E-state index is -0.174. The number of hydrogen-bond acceptors (Lipinski definition) is 2. The van der Waals surface area contributed by atoms with Crippen LogP contribution in [0.3, 0.4) is 0 Å². The molecule has 0 unspecified atom stereocenters. The number of nitrogens with two attached hydrogens (primary N) is 1. The summed E-state index contributed by atoms with van der Waals surface area (Å²) in [4.78, 5) is 13.9. The van der Waals surface area contributed by atoms with E-state index < -0.39 is 0 Å². The zero-order valence-electron chi connectivity index (χ0n) is 6.63. The van der Waals surface area contributed by atoms with Gasteiger partial charge in [0.15, 0.2) is 0 Å². The third-order valence-electron chi connectivity index (χ3n) is 1.36. The number of aromatic amines is 1. The summed E-state index contributed by atoms with van der Waals surface area (Å²) in [7, 11) is 0. The van der Waals surface area contributed by atoms with Gasteiger partial charge in [0.05, 0.1) is 0 Å². The maximum Gasteiger partial charge on any atom is 0.268 e. The number of carbonyl (C=O) groups is 1. The molecule has 1 heterocycles. The highest BCUT2D eigenvalue weighted by molar-refractivity contribution is 5.93. The Kier molecular flexibility index (Phi) is 2.53. The van der Waals surface area contributed by atoms with Crippen molar-refractivity contribution in [2.45, 2.75) is 0 Å². The van der Waals surface area contributed by atoms with Crippen molar-refractivity contribution < 1.29 is 4.79 Å². The van der Waals surface area contributed by atoms with Gasteiger partial charge in [0.25, 0.3) is 5.91 Å². The van der Waals surface area contributed by atoms with E-state index in [1.165, 1.54) is 0 Å². The third kappa shape index (κ3) is 1.88. The Morgan fingerprint density at radius 3 is 3.08 bits per heavy atom. The van der Waals surface area contributed by atoms with Gasteiger partial charge in [0.2, 0.25) is 0 Å². The standard InChI is InChI=1S/C8H11N3O/c1-2-3-10-8(12)7-4-6(9)5-11-7/h2,4-5,11H,1,3,9H2,(H,10,12). The Morgan fingerprint density at radius 1 is 1.83 bits per heavy atom. The summed E-state index contributed by atoms with van der Waals surface area (Å²) >= 11 is 0. The van der Waals surface area contributed by atoms with E-state index in [4.69, 9.17) is 5.73 Å². The van der Waals surface area contributed by atoms with Crippen molar-refractivity contribution in [3.05, 3.63) is 30.6 Å². The van der Waals surface area contributed by atoms with Gasteiger partial charge < -0.3 is 16.0 Å². The predicted octanol–water partition coefficient (Wildman–Crippen LogP) is 0.513. The average Bonchev–Trinajstić information content (AvgIpc) is 2.47. The van der Waals surface area contributed by atoms with Crippen LogP contribution in [-0.2, 0) is 0 Å². The van der Waals surface area contributed by atoms with E-state index in [9.17, 15) is 4.79 Å². The quantitative estimate of drug-likeness (QED) is 0.571. The zero-order chi connectivity index (χ0) is 8.97. The highest BCUT2D eigenvalue weighted by Gasteiger charge is 2.04. The van der Waals surface area contributed by atoms with Crippen molar-refractivity contribution in [1.29, 1.82) is 0 Å². The van der Waals surface area contributed by atoms with Crippen LogP contribution in [0.15, 0.2) is 24.9 Å². The van der Waals surface area contributed by atoms with Crippen LogP contribution in [0.1, 0.15) is 10.5 Å². The largest absolute Gasteiger partial charge is 0.397 e. The molecular formula is C8H11N3O. The van der Waals surface area contributed by atoms with E-state index in [1.54, 1.807) is 18.3 Å². The van der Waals surface area contributed by atoms with Crippen molar-refractivity contribution in [2.75, 3.05) is 12.3 Å². The molecule has 64 valence electrons. The molecule has 12 heavy (non-hydrogen) atoms. The number of anilines is 1. The molecule has 0 spiro atoms. The van der Waals surface area contributed by atoms with Crippen molar-refractivity contribution in [1.82, 2.24) is 10.3 Å². The van der Waals surface area contributed by atoms with Crippen LogP contribution in [0.4, 0.5) is 5.69 Å². The van der Waals surface area contributed by atoms with Gasteiger partial charge in [0, 0.05) is 18.4 Å². The first-order valence-electron chi connectivity index (χ1n) is 3.57. The van der Waals surface area contributed by atoms with E-state index >= 15 is 0 Å². The summed E-state index contributed by atoms with van der Waals surface area (Å²) in [5.74, 6) is -0.174. The summed E-state index contributed by atoms with van der Waals surface area (Å²) in [6.07, 6.45) is 3.19. The molecule has 1 amide bonds. The lowest BCUT2D eigenvalue weighted by atomic mass is 10.4. The number of nitrogens with one attached hydrogen (secondary N) is 2. The molecule has 0 fully saturated rings. The van der Waals surface area contributed by atoms with E-state index in [-0.39, 0.29) is 5.91 Å². The molecule has 0 bridgehead atoms.